The summed E-state index contributed by atoms with van der Waals surface area (Å²) in [6.07, 6.45) is 2.73. The van der Waals surface area contributed by atoms with E-state index in [1.807, 2.05) is 0 Å². The number of guanidine groups is 1. The van der Waals surface area contributed by atoms with Gasteiger partial charge in [-0.3, -0.25) is 4.99 Å². The molecule has 0 saturated heterocycles. The normalized spacial score (nSPS) is 16.0. The van der Waals surface area contributed by atoms with Crippen LogP contribution in [0.4, 0.5) is 0 Å². The van der Waals surface area contributed by atoms with E-state index in [4.69, 9.17) is 4.99 Å². The fourth-order valence-corrected chi connectivity index (χ4v) is 2.13. The topological polar surface area (TPSA) is 36.4 Å². The second-order valence-electron chi connectivity index (χ2n) is 5.86. The van der Waals surface area contributed by atoms with Gasteiger partial charge in [0, 0.05) is 25.6 Å². The number of nitrogens with zero attached hydrogens (tertiary/aromatic N) is 1. The molecule has 0 amide bonds. The lowest BCUT2D eigenvalue weighted by atomic mass is 10.0. The van der Waals surface area contributed by atoms with Crippen molar-refractivity contribution >= 4 is 29.9 Å². The summed E-state index contributed by atoms with van der Waals surface area (Å²) in [7, 11) is 0. The molecule has 0 aromatic heterocycles. The SMILES string of the molecule is CCNC(=NCC(C)c1ccc(C)cc1)NCC1CC1.I. The first kappa shape index (κ1) is 18.3. The molecule has 1 unspecified atom stereocenters. The van der Waals surface area contributed by atoms with Crippen molar-refractivity contribution in [3.63, 3.8) is 0 Å². The van der Waals surface area contributed by atoms with Gasteiger partial charge in [-0.2, -0.15) is 0 Å². The Morgan fingerprint density at radius 1 is 1.24 bits per heavy atom. The summed E-state index contributed by atoms with van der Waals surface area (Å²) in [4.78, 5) is 4.71. The van der Waals surface area contributed by atoms with E-state index >= 15 is 0 Å². The second-order valence-corrected chi connectivity index (χ2v) is 5.86. The lowest BCUT2D eigenvalue weighted by molar-refractivity contribution is 0.720. The van der Waals surface area contributed by atoms with Gasteiger partial charge in [-0.25, -0.2) is 0 Å². The standard InChI is InChI=1S/C17H27N3.HI/c1-4-18-17(20-12-15-7-8-15)19-11-14(3)16-9-5-13(2)6-10-16;/h5-6,9-10,14-15H,4,7-8,11-12H2,1-3H3,(H2,18,19,20);1H. The average Bonchev–Trinajstić information content (AvgIpc) is 3.26. The third-order valence-electron chi connectivity index (χ3n) is 3.77. The van der Waals surface area contributed by atoms with Crippen LogP contribution in [0.1, 0.15) is 43.7 Å². The van der Waals surface area contributed by atoms with Crippen LogP contribution >= 0.6 is 24.0 Å². The predicted molar refractivity (Wildman–Crippen MR) is 102 cm³/mol. The Morgan fingerprint density at radius 2 is 1.90 bits per heavy atom. The summed E-state index contributed by atoms with van der Waals surface area (Å²) >= 11 is 0. The highest BCUT2D eigenvalue weighted by atomic mass is 127. The Balaban J connectivity index is 0.00000220. The van der Waals surface area contributed by atoms with E-state index in [1.54, 1.807) is 0 Å². The maximum atomic E-state index is 4.71. The van der Waals surface area contributed by atoms with Crippen LogP contribution in [0.3, 0.4) is 0 Å². The molecule has 0 aliphatic heterocycles. The van der Waals surface area contributed by atoms with Crippen LogP contribution in [0.2, 0.25) is 0 Å². The van der Waals surface area contributed by atoms with Gasteiger partial charge >= 0.3 is 0 Å². The van der Waals surface area contributed by atoms with Crippen LogP contribution in [0, 0.1) is 12.8 Å². The maximum Gasteiger partial charge on any atom is 0.191 e. The fourth-order valence-electron chi connectivity index (χ4n) is 2.13. The van der Waals surface area contributed by atoms with Crippen molar-refractivity contribution in [3.8, 4) is 0 Å². The van der Waals surface area contributed by atoms with E-state index in [9.17, 15) is 0 Å². The number of hydrogen-bond donors (Lipinski definition) is 2. The predicted octanol–water partition coefficient (Wildman–Crippen LogP) is 3.68. The van der Waals surface area contributed by atoms with E-state index in [0.717, 1.165) is 31.5 Å². The number of aryl methyl sites for hydroxylation is 1. The second kappa shape index (κ2) is 9.28. The highest BCUT2D eigenvalue weighted by molar-refractivity contribution is 14.0. The molecule has 21 heavy (non-hydrogen) atoms. The summed E-state index contributed by atoms with van der Waals surface area (Å²) in [5.41, 5.74) is 2.67. The quantitative estimate of drug-likeness (QED) is 0.434. The molecule has 4 heteroatoms. The smallest absolute Gasteiger partial charge is 0.191 e. The molecule has 1 aliphatic rings. The highest BCUT2D eigenvalue weighted by Crippen LogP contribution is 2.27. The number of halogens is 1. The number of hydrogen-bond acceptors (Lipinski definition) is 1. The first-order valence-electron chi connectivity index (χ1n) is 7.77. The van der Waals surface area contributed by atoms with Gasteiger partial charge in [0.05, 0.1) is 0 Å². The van der Waals surface area contributed by atoms with Crippen molar-refractivity contribution in [1.29, 1.82) is 0 Å². The van der Waals surface area contributed by atoms with Crippen LogP contribution in [0.25, 0.3) is 0 Å². The Labute approximate surface area is 146 Å². The fraction of sp³-hybridized carbons (Fsp3) is 0.588. The third-order valence-corrected chi connectivity index (χ3v) is 3.77. The van der Waals surface area contributed by atoms with Crippen LogP contribution < -0.4 is 10.6 Å². The molecule has 1 fully saturated rings. The zero-order valence-electron chi connectivity index (χ0n) is 13.4. The summed E-state index contributed by atoms with van der Waals surface area (Å²) in [6, 6.07) is 8.76. The molecule has 0 heterocycles. The molecule has 0 bridgehead atoms. The van der Waals surface area contributed by atoms with Gasteiger partial charge in [0.1, 0.15) is 0 Å². The average molecular weight is 401 g/mol. The zero-order valence-corrected chi connectivity index (χ0v) is 15.7. The van der Waals surface area contributed by atoms with Gasteiger partial charge in [0.2, 0.25) is 0 Å². The monoisotopic (exact) mass is 401 g/mol. The number of rotatable bonds is 6. The van der Waals surface area contributed by atoms with Crippen molar-refractivity contribution in [2.75, 3.05) is 19.6 Å². The van der Waals surface area contributed by atoms with E-state index in [2.05, 4.69) is 55.7 Å². The van der Waals surface area contributed by atoms with E-state index in [1.165, 1.54) is 24.0 Å². The highest BCUT2D eigenvalue weighted by Gasteiger charge is 2.21. The first-order chi connectivity index (χ1) is 9.69. The van der Waals surface area contributed by atoms with Crippen molar-refractivity contribution < 1.29 is 0 Å². The molecule has 1 aromatic rings. The van der Waals surface area contributed by atoms with E-state index in [0.29, 0.717) is 5.92 Å². The molecule has 1 saturated carbocycles. The van der Waals surface area contributed by atoms with Crippen LogP contribution in [-0.2, 0) is 0 Å². The molecule has 1 aliphatic carbocycles. The minimum Gasteiger partial charge on any atom is -0.357 e. The first-order valence-corrected chi connectivity index (χ1v) is 7.77. The van der Waals surface area contributed by atoms with Crippen molar-refractivity contribution in [2.45, 2.75) is 39.5 Å². The van der Waals surface area contributed by atoms with Crippen molar-refractivity contribution in [2.24, 2.45) is 10.9 Å². The maximum absolute atomic E-state index is 4.71. The number of benzene rings is 1. The van der Waals surface area contributed by atoms with Crippen LogP contribution in [0.15, 0.2) is 29.3 Å². The largest absolute Gasteiger partial charge is 0.357 e. The van der Waals surface area contributed by atoms with Gasteiger partial charge in [0.25, 0.3) is 0 Å². The van der Waals surface area contributed by atoms with Crippen LogP contribution in [0.5, 0.6) is 0 Å². The lowest BCUT2D eigenvalue weighted by Crippen LogP contribution is -2.38. The molecule has 1 atom stereocenters. The van der Waals surface area contributed by atoms with Gasteiger partial charge in [-0.15, -0.1) is 24.0 Å². The summed E-state index contributed by atoms with van der Waals surface area (Å²) in [6.45, 7) is 9.26. The number of nitrogens with one attached hydrogen (secondary N) is 2. The van der Waals surface area contributed by atoms with Crippen LogP contribution in [-0.4, -0.2) is 25.6 Å². The Hall–Kier alpha value is -0.780. The Bertz CT molecular complexity index is 438. The zero-order chi connectivity index (χ0) is 14.4. The van der Waals surface area contributed by atoms with Gasteiger partial charge in [-0.05, 0) is 38.2 Å². The van der Waals surface area contributed by atoms with Gasteiger partial charge < -0.3 is 10.6 Å². The van der Waals surface area contributed by atoms with Gasteiger partial charge in [0.15, 0.2) is 5.96 Å². The summed E-state index contributed by atoms with van der Waals surface area (Å²) in [5, 5.41) is 6.76. The molecule has 118 valence electrons. The lowest BCUT2D eigenvalue weighted by Gasteiger charge is -2.13. The molecule has 0 radical (unpaired) electrons. The molecular weight excluding hydrogens is 373 g/mol. The van der Waals surface area contributed by atoms with E-state index in [-0.39, 0.29) is 24.0 Å². The molecule has 1 aromatic carbocycles. The third kappa shape index (κ3) is 6.68. The molecule has 2 rings (SSSR count). The summed E-state index contributed by atoms with van der Waals surface area (Å²) in [5.74, 6) is 2.28. The Morgan fingerprint density at radius 3 is 2.48 bits per heavy atom. The Kier molecular flexibility index (Phi) is 8.07. The van der Waals surface area contributed by atoms with Crippen molar-refractivity contribution in [3.05, 3.63) is 35.4 Å². The van der Waals surface area contributed by atoms with Crippen molar-refractivity contribution in [1.82, 2.24) is 10.6 Å². The van der Waals surface area contributed by atoms with E-state index < -0.39 is 0 Å². The molecule has 0 spiro atoms. The minimum atomic E-state index is 0. The summed E-state index contributed by atoms with van der Waals surface area (Å²) < 4.78 is 0. The minimum absolute atomic E-state index is 0. The van der Waals surface area contributed by atoms with Gasteiger partial charge in [-0.1, -0.05) is 36.8 Å². The molecule has 2 N–H and O–H groups in total. The molecule has 3 nitrogen and oxygen atoms in total. The number of aliphatic imine (C=N–C) groups is 1. The molecular formula is C17H28IN3.